The van der Waals surface area contributed by atoms with Crippen molar-refractivity contribution in [3.05, 3.63) is 85.4 Å². The zero-order valence-corrected chi connectivity index (χ0v) is 17.9. The fraction of sp³-hybridized carbons (Fsp3) is 0.190. The molecule has 29 heavy (non-hydrogen) atoms. The summed E-state index contributed by atoms with van der Waals surface area (Å²) in [5.74, 6) is -0.193. The molecule has 0 saturated carbocycles. The summed E-state index contributed by atoms with van der Waals surface area (Å²) in [6.45, 7) is 2.03. The van der Waals surface area contributed by atoms with Crippen molar-refractivity contribution < 1.29 is 9.18 Å². The number of H-pyrrole nitrogens is 1. The van der Waals surface area contributed by atoms with Crippen LogP contribution in [0.25, 0.3) is 0 Å². The SMILES string of the molecule is Cc1ccccc1CSc1nc2c(c(=O)[nH]1)[C@H](c1ccc(F)c(Br)c1)CC(=O)N2. The fourth-order valence-electron chi connectivity index (χ4n) is 3.35. The molecule has 2 N–H and O–H groups in total. The number of thioether (sulfide) groups is 1. The third-order valence-corrected chi connectivity index (χ3v) is 6.43. The third kappa shape index (κ3) is 4.13. The van der Waals surface area contributed by atoms with Gasteiger partial charge in [0.1, 0.15) is 11.6 Å². The molecule has 8 heteroatoms. The fourth-order valence-corrected chi connectivity index (χ4v) is 4.68. The van der Waals surface area contributed by atoms with Crippen molar-refractivity contribution in [2.45, 2.75) is 30.2 Å². The van der Waals surface area contributed by atoms with Gasteiger partial charge in [-0.05, 0) is 51.7 Å². The molecule has 2 aromatic carbocycles. The largest absolute Gasteiger partial charge is 0.310 e. The number of fused-ring (bicyclic) bond motifs is 1. The summed E-state index contributed by atoms with van der Waals surface area (Å²) in [6.07, 6.45) is 0.103. The lowest BCUT2D eigenvalue weighted by molar-refractivity contribution is -0.116. The molecular formula is C21H17BrFN3O2S. The number of hydrogen-bond donors (Lipinski definition) is 2. The van der Waals surface area contributed by atoms with Crippen LogP contribution in [0, 0.1) is 12.7 Å². The second-order valence-electron chi connectivity index (χ2n) is 6.83. The lowest BCUT2D eigenvalue weighted by Crippen LogP contribution is -2.31. The monoisotopic (exact) mass is 473 g/mol. The Morgan fingerprint density at radius 1 is 1.24 bits per heavy atom. The smallest absolute Gasteiger partial charge is 0.257 e. The molecule has 1 aliphatic heterocycles. The highest BCUT2D eigenvalue weighted by Crippen LogP contribution is 2.36. The number of halogens is 2. The number of aromatic nitrogens is 2. The van der Waals surface area contributed by atoms with Crippen LogP contribution in [0.4, 0.5) is 10.2 Å². The van der Waals surface area contributed by atoms with E-state index in [1.54, 1.807) is 12.1 Å². The van der Waals surface area contributed by atoms with Gasteiger partial charge in [-0.3, -0.25) is 9.59 Å². The first-order chi connectivity index (χ1) is 13.9. The maximum Gasteiger partial charge on any atom is 0.257 e. The van der Waals surface area contributed by atoms with E-state index in [-0.39, 0.29) is 28.2 Å². The standard InChI is InChI=1S/C21H17BrFN3O2S/c1-11-4-2-3-5-13(11)10-29-21-25-19-18(20(28)26-21)14(9-17(27)24-19)12-6-7-16(23)15(22)8-12/h2-8,14H,9-10H2,1H3,(H2,24,25,26,27,28)/t14-/m0/s1. The minimum Gasteiger partial charge on any atom is -0.310 e. The van der Waals surface area contributed by atoms with Crippen molar-refractivity contribution >= 4 is 39.4 Å². The number of aryl methyl sites for hydroxylation is 1. The number of nitrogens with zero attached hydrogens (tertiary/aromatic N) is 1. The highest BCUT2D eigenvalue weighted by molar-refractivity contribution is 9.10. The summed E-state index contributed by atoms with van der Waals surface area (Å²) in [5, 5.41) is 3.15. The van der Waals surface area contributed by atoms with Gasteiger partial charge in [-0.15, -0.1) is 0 Å². The van der Waals surface area contributed by atoms with E-state index in [2.05, 4.69) is 31.2 Å². The second-order valence-corrected chi connectivity index (χ2v) is 8.65. The van der Waals surface area contributed by atoms with Gasteiger partial charge < -0.3 is 10.3 Å². The number of aromatic amines is 1. The Morgan fingerprint density at radius 2 is 2.03 bits per heavy atom. The summed E-state index contributed by atoms with van der Waals surface area (Å²) in [5.41, 5.74) is 3.09. The quantitative estimate of drug-likeness (QED) is 0.423. The number of benzene rings is 2. The van der Waals surface area contributed by atoms with Gasteiger partial charge >= 0.3 is 0 Å². The van der Waals surface area contributed by atoms with Gasteiger partial charge in [-0.25, -0.2) is 9.37 Å². The lowest BCUT2D eigenvalue weighted by atomic mass is 9.87. The van der Waals surface area contributed by atoms with Crippen molar-refractivity contribution in [2.75, 3.05) is 5.32 Å². The van der Waals surface area contributed by atoms with E-state index in [0.29, 0.717) is 22.0 Å². The van der Waals surface area contributed by atoms with Gasteiger partial charge in [0.05, 0.1) is 10.0 Å². The van der Waals surface area contributed by atoms with E-state index >= 15 is 0 Å². The molecule has 0 bridgehead atoms. The number of amides is 1. The van der Waals surface area contributed by atoms with Gasteiger partial charge in [0.25, 0.3) is 5.56 Å². The molecule has 4 rings (SSSR count). The summed E-state index contributed by atoms with van der Waals surface area (Å²) >= 11 is 4.57. The number of hydrogen-bond acceptors (Lipinski definition) is 4. The number of nitrogens with one attached hydrogen (secondary N) is 2. The van der Waals surface area contributed by atoms with E-state index in [9.17, 15) is 14.0 Å². The summed E-state index contributed by atoms with van der Waals surface area (Å²) in [6, 6.07) is 12.5. The number of anilines is 1. The molecule has 0 aliphatic carbocycles. The van der Waals surface area contributed by atoms with Crippen LogP contribution in [-0.4, -0.2) is 15.9 Å². The average molecular weight is 474 g/mol. The van der Waals surface area contributed by atoms with Gasteiger partial charge in [-0.1, -0.05) is 42.1 Å². The molecule has 0 unspecified atom stereocenters. The van der Waals surface area contributed by atoms with E-state index in [4.69, 9.17) is 0 Å². The van der Waals surface area contributed by atoms with Crippen molar-refractivity contribution in [1.82, 2.24) is 9.97 Å². The second kappa shape index (κ2) is 8.12. The molecule has 5 nitrogen and oxygen atoms in total. The lowest BCUT2D eigenvalue weighted by Gasteiger charge is -2.24. The van der Waals surface area contributed by atoms with Gasteiger partial charge in [0.2, 0.25) is 5.91 Å². The normalized spacial score (nSPS) is 15.7. The molecule has 148 valence electrons. The zero-order valence-electron chi connectivity index (χ0n) is 15.5. The molecule has 0 saturated heterocycles. The zero-order chi connectivity index (χ0) is 20.5. The van der Waals surface area contributed by atoms with Crippen LogP contribution in [0.2, 0.25) is 0 Å². The Kier molecular flexibility index (Phi) is 5.56. The highest BCUT2D eigenvalue weighted by Gasteiger charge is 2.31. The van der Waals surface area contributed by atoms with E-state index < -0.39 is 11.7 Å². The van der Waals surface area contributed by atoms with Gasteiger partial charge in [0, 0.05) is 18.1 Å². The first kappa shape index (κ1) is 19.8. The van der Waals surface area contributed by atoms with Crippen LogP contribution in [0.15, 0.2) is 56.9 Å². The molecule has 3 aromatic rings. The predicted octanol–water partition coefficient (Wildman–Crippen LogP) is 4.75. The first-order valence-electron chi connectivity index (χ1n) is 8.98. The van der Waals surface area contributed by atoms with Crippen LogP contribution in [0.5, 0.6) is 0 Å². The van der Waals surface area contributed by atoms with Crippen LogP contribution >= 0.6 is 27.7 Å². The Bertz CT molecular complexity index is 1160. The van der Waals surface area contributed by atoms with Gasteiger partial charge in [-0.2, -0.15) is 0 Å². The van der Waals surface area contributed by atoms with Gasteiger partial charge in [0.15, 0.2) is 5.16 Å². The van der Waals surface area contributed by atoms with Crippen LogP contribution in [-0.2, 0) is 10.5 Å². The van der Waals surface area contributed by atoms with E-state index in [0.717, 1.165) is 11.1 Å². The Morgan fingerprint density at radius 3 is 2.79 bits per heavy atom. The Balaban J connectivity index is 1.67. The van der Waals surface area contributed by atoms with Crippen LogP contribution in [0.1, 0.15) is 34.6 Å². The first-order valence-corrected chi connectivity index (χ1v) is 10.8. The van der Waals surface area contributed by atoms with Crippen LogP contribution in [0.3, 0.4) is 0 Å². The van der Waals surface area contributed by atoms with E-state index in [1.807, 2.05) is 31.2 Å². The summed E-state index contributed by atoms with van der Waals surface area (Å²) < 4.78 is 13.9. The molecule has 0 fully saturated rings. The molecular weight excluding hydrogens is 457 g/mol. The van der Waals surface area contributed by atoms with Crippen molar-refractivity contribution in [3.8, 4) is 0 Å². The van der Waals surface area contributed by atoms with Crippen molar-refractivity contribution in [3.63, 3.8) is 0 Å². The maximum atomic E-state index is 13.6. The number of rotatable bonds is 4. The molecule has 0 spiro atoms. The highest BCUT2D eigenvalue weighted by atomic mass is 79.9. The van der Waals surface area contributed by atoms with E-state index in [1.165, 1.54) is 17.8 Å². The Labute approximate surface area is 179 Å². The predicted molar refractivity (Wildman–Crippen MR) is 115 cm³/mol. The van der Waals surface area contributed by atoms with Crippen molar-refractivity contribution in [1.29, 1.82) is 0 Å². The topological polar surface area (TPSA) is 74.8 Å². The molecule has 2 heterocycles. The molecule has 0 radical (unpaired) electrons. The van der Waals surface area contributed by atoms with Crippen molar-refractivity contribution in [2.24, 2.45) is 0 Å². The minimum absolute atomic E-state index is 0.103. The number of carbonyl (C=O) groups excluding carboxylic acids is 1. The minimum atomic E-state index is -0.484. The molecule has 1 atom stereocenters. The molecule has 1 aromatic heterocycles. The molecule has 1 amide bonds. The molecule has 1 aliphatic rings. The average Bonchev–Trinajstić information content (AvgIpc) is 2.68. The summed E-state index contributed by atoms with van der Waals surface area (Å²) in [7, 11) is 0. The van der Waals surface area contributed by atoms with Crippen LogP contribution < -0.4 is 10.9 Å². The third-order valence-electron chi connectivity index (χ3n) is 4.90. The maximum absolute atomic E-state index is 13.6. The number of carbonyl (C=O) groups is 1. The summed E-state index contributed by atoms with van der Waals surface area (Å²) in [4.78, 5) is 32.4. The Hall–Kier alpha value is -2.45.